The van der Waals surface area contributed by atoms with Crippen LogP contribution in [0.2, 0.25) is 0 Å². The number of carbonyl (C=O) groups is 1. The summed E-state index contributed by atoms with van der Waals surface area (Å²) in [4.78, 5) is 11.1. The molecular weight excluding hydrogens is 257 g/mol. The molecule has 0 heterocycles. The maximum absolute atomic E-state index is 13.1. The molecular formula is C12H10FNO3S. The number of hydrogen-bond acceptors (Lipinski definition) is 4. The van der Waals surface area contributed by atoms with E-state index in [2.05, 4.69) is 0 Å². The smallest absolute Gasteiger partial charge is 0.153 e. The highest BCUT2D eigenvalue weighted by molar-refractivity contribution is 7.91. The first kappa shape index (κ1) is 12.7. The van der Waals surface area contributed by atoms with Crippen LogP contribution in [0.3, 0.4) is 0 Å². The highest BCUT2D eigenvalue weighted by Crippen LogP contribution is 2.61. The molecule has 3 atom stereocenters. The molecule has 1 fully saturated rings. The molecule has 6 heteroatoms. The predicted octanol–water partition coefficient (Wildman–Crippen LogP) is 1.04. The molecule has 1 saturated carbocycles. The van der Waals surface area contributed by atoms with E-state index >= 15 is 0 Å². The molecule has 0 aliphatic heterocycles. The first-order valence-corrected chi connectivity index (χ1v) is 7.14. The van der Waals surface area contributed by atoms with Crippen molar-refractivity contribution < 1.29 is 17.6 Å². The van der Waals surface area contributed by atoms with E-state index in [1.165, 1.54) is 18.2 Å². The molecule has 0 bridgehead atoms. The summed E-state index contributed by atoms with van der Waals surface area (Å²) in [5, 5.41) is 7.96. The van der Waals surface area contributed by atoms with E-state index in [0.29, 0.717) is 11.8 Å². The van der Waals surface area contributed by atoms with Crippen LogP contribution in [0.15, 0.2) is 24.3 Å². The molecule has 1 aromatic carbocycles. The summed E-state index contributed by atoms with van der Waals surface area (Å²) >= 11 is 0. The largest absolute Gasteiger partial charge is 0.302 e. The van der Waals surface area contributed by atoms with Crippen molar-refractivity contribution >= 4 is 16.1 Å². The van der Waals surface area contributed by atoms with Gasteiger partial charge in [-0.25, -0.2) is 12.8 Å². The van der Waals surface area contributed by atoms with Crippen LogP contribution >= 0.6 is 0 Å². The number of sulfone groups is 1. The molecule has 1 aliphatic carbocycles. The van der Waals surface area contributed by atoms with Crippen molar-refractivity contribution in [3.63, 3.8) is 0 Å². The van der Waals surface area contributed by atoms with Crippen LogP contribution in [-0.4, -0.2) is 26.2 Å². The van der Waals surface area contributed by atoms with E-state index in [4.69, 9.17) is 5.26 Å². The lowest BCUT2D eigenvalue weighted by Gasteiger charge is -1.99. The maximum atomic E-state index is 13.1. The zero-order valence-corrected chi connectivity index (χ0v) is 10.3. The molecule has 18 heavy (non-hydrogen) atoms. The first-order chi connectivity index (χ1) is 8.36. The van der Waals surface area contributed by atoms with Crippen molar-refractivity contribution in [1.29, 1.82) is 5.26 Å². The van der Waals surface area contributed by atoms with Gasteiger partial charge in [0.25, 0.3) is 0 Å². The monoisotopic (exact) mass is 267 g/mol. The van der Waals surface area contributed by atoms with Crippen molar-refractivity contribution in [2.45, 2.75) is 11.2 Å². The van der Waals surface area contributed by atoms with Crippen LogP contribution in [0.4, 0.5) is 4.39 Å². The molecule has 1 aromatic rings. The van der Waals surface area contributed by atoms with Gasteiger partial charge in [-0.05, 0) is 17.7 Å². The molecule has 1 aliphatic rings. The lowest BCUT2D eigenvalue weighted by atomic mass is 10.0. The van der Waals surface area contributed by atoms with E-state index < -0.39 is 32.2 Å². The van der Waals surface area contributed by atoms with Crippen LogP contribution in [0.5, 0.6) is 0 Å². The molecule has 0 amide bonds. The van der Waals surface area contributed by atoms with E-state index in [0.717, 1.165) is 12.3 Å². The number of rotatable bonds is 3. The Bertz CT molecular complexity index is 650. The minimum Gasteiger partial charge on any atom is -0.302 e. The zero-order chi connectivity index (χ0) is 13.6. The Balaban J connectivity index is 2.52. The number of halogens is 1. The predicted molar refractivity (Wildman–Crippen MR) is 61.9 cm³/mol. The molecule has 0 radical (unpaired) electrons. The Morgan fingerprint density at radius 2 is 2.17 bits per heavy atom. The van der Waals surface area contributed by atoms with E-state index in [-0.39, 0.29) is 0 Å². The fourth-order valence-electron chi connectivity index (χ4n) is 2.43. The minimum atomic E-state index is -3.55. The number of hydrogen-bond donors (Lipinski definition) is 0. The molecule has 0 saturated heterocycles. The summed E-state index contributed by atoms with van der Waals surface area (Å²) in [7, 11) is -3.55. The summed E-state index contributed by atoms with van der Waals surface area (Å²) in [6.45, 7) is 0. The summed E-state index contributed by atoms with van der Waals surface area (Å²) < 4.78 is 36.3. The van der Waals surface area contributed by atoms with E-state index in [1.54, 1.807) is 6.07 Å². The summed E-state index contributed by atoms with van der Waals surface area (Å²) in [5.41, 5.74) is -1.22. The van der Waals surface area contributed by atoms with Gasteiger partial charge in [-0.3, -0.25) is 0 Å². The van der Waals surface area contributed by atoms with Gasteiger partial charge in [-0.15, -0.1) is 0 Å². The Morgan fingerprint density at radius 3 is 2.56 bits per heavy atom. The lowest BCUT2D eigenvalue weighted by Crippen LogP contribution is -2.14. The second-order valence-corrected chi connectivity index (χ2v) is 6.61. The number of nitrogens with zero attached hydrogens (tertiary/aromatic N) is 1. The van der Waals surface area contributed by atoms with Gasteiger partial charge >= 0.3 is 0 Å². The van der Waals surface area contributed by atoms with Gasteiger partial charge < -0.3 is 4.79 Å². The molecule has 0 N–H and O–H groups in total. The Hall–Kier alpha value is -1.74. The summed E-state index contributed by atoms with van der Waals surface area (Å²) in [6, 6.07) is 7.08. The van der Waals surface area contributed by atoms with Gasteiger partial charge in [0.1, 0.15) is 17.5 Å². The summed E-state index contributed by atoms with van der Waals surface area (Å²) in [6.07, 6.45) is 1.33. The molecule has 0 aromatic heterocycles. The van der Waals surface area contributed by atoms with Crippen LogP contribution in [0.1, 0.15) is 11.5 Å². The van der Waals surface area contributed by atoms with Crippen molar-refractivity contribution in [3.05, 3.63) is 35.6 Å². The van der Waals surface area contributed by atoms with Gasteiger partial charge in [0.2, 0.25) is 0 Å². The average molecular weight is 267 g/mol. The first-order valence-electron chi connectivity index (χ1n) is 5.18. The average Bonchev–Trinajstić information content (AvgIpc) is 2.98. The molecule has 4 nitrogen and oxygen atoms in total. The fourth-order valence-corrected chi connectivity index (χ4v) is 4.19. The second-order valence-electron chi connectivity index (χ2n) is 4.45. The topological polar surface area (TPSA) is 75.0 Å². The van der Waals surface area contributed by atoms with Gasteiger partial charge in [0.05, 0.1) is 11.3 Å². The van der Waals surface area contributed by atoms with Gasteiger partial charge in [-0.2, -0.15) is 5.26 Å². The van der Waals surface area contributed by atoms with Crippen LogP contribution in [0, 0.1) is 22.6 Å². The van der Waals surface area contributed by atoms with Crippen molar-refractivity contribution in [2.75, 3.05) is 6.26 Å². The van der Waals surface area contributed by atoms with E-state index in [9.17, 15) is 17.6 Å². The van der Waals surface area contributed by atoms with E-state index in [1.807, 2.05) is 0 Å². The number of carbonyl (C=O) groups excluding carboxylic acids is 1. The minimum absolute atomic E-state index is 0.355. The zero-order valence-electron chi connectivity index (χ0n) is 9.50. The lowest BCUT2D eigenvalue weighted by molar-refractivity contribution is -0.110. The van der Waals surface area contributed by atoms with Gasteiger partial charge in [0, 0.05) is 12.2 Å². The highest BCUT2D eigenvalue weighted by atomic mass is 32.2. The standard InChI is InChI=1S/C12H10FNO3S/c1-18(16,17)11-10(12(11,6-14)7-15)8-3-2-4-9(13)5-8/h2-5,7,10-11H,1H3. The third-order valence-corrected chi connectivity index (χ3v) is 4.82. The number of benzene rings is 1. The maximum Gasteiger partial charge on any atom is 0.153 e. The van der Waals surface area contributed by atoms with Gasteiger partial charge in [-0.1, -0.05) is 12.1 Å². The second kappa shape index (κ2) is 3.89. The third kappa shape index (κ3) is 1.71. The van der Waals surface area contributed by atoms with Crippen molar-refractivity contribution in [1.82, 2.24) is 0 Å². The molecule has 3 unspecified atom stereocenters. The van der Waals surface area contributed by atoms with Crippen LogP contribution in [-0.2, 0) is 14.6 Å². The molecule has 94 valence electrons. The molecule has 0 spiro atoms. The third-order valence-electron chi connectivity index (χ3n) is 3.24. The molecule has 2 rings (SSSR count). The van der Waals surface area contributed by atoms with Crippen LogP contribution < -0.4 is 0 Å². The normalized spacial score (nSPS) is 30.5. The Labute approximate surface area is 104 Å². The number of aldehydes is 1. The SMILES string of the molecule is CS(=O)(=O)C1C(c2cccc(F)c2)C1(C#N)C=O. The van der Waals surface area contributed by atoms with Crippen molar-refractivity contribution in [2.24, 2.45) is 5.41 Å². The van der Waals surface area contributed by atoms with Gasteiger partial charge in [0.15, 0.2) is 9.84 Å². The fraction of sp³-hybridized carbons (Fsp3) is 0.333. The Kier molecular flexibility index (Phi) is 2.74. The number of nitriles is 1. The Morgan fingerprint density at radius 1 is 1.50 bits per heavy atom. The van der Waals surface area contributed by atoms with Crippen LogP contribution in [0.25, 0.3) is 0 Å². The highest BCUT2D eigenvalue weighted by Gasteiger charge is 2.71. The van der Waals surface area contributed by atoms with Crippen molar-refractivity contribution in [3.8, 4) is 6.07 Å². The summed E-state index contributed by atoms with van der Waals surface area (Å²) in [5.74, 6) is -1.31. The quantitative estimate of drug-likeness (QED) is 0.767.